The number of fused-ring (bicyclic) bond motifs is 1. The molecular weight excluding hydrogens is 342 g/mol. The van der Waals surface area contributed by atoms with Crippen molar-refractivity contribution in [3.05, 3.63) is 52.0 Å². The molecule has 2 heterocycles. The Hall–Kier alpha value is -2.60. The Morgan fingerprint density at radius 3 is 2.84 bits per heavy atom. The summed E-state index contributed by atoms with van der Waals surface area (Å²) >= 11 is 5.93. The molecule has 0 aliphatic rings. The van der Waals surface area contributed by atoms with E-state index in [1.54, 1.807) is 19.1 Å². The highest BCUT2D eigenvalue weighted by Crippen LogP contribution is 2.30. The Morgan fingerprint density at radius 1 is 1.28 bits per heavy atom. The van der Waals surface area contributed by atoms with Crippen molar-refractivity contribution in [2.24, 2.45) is 0 Å². The van der Waals surface area contributed by atoms with Crippen LogP contribution >= 0.6 is 11.6 Å². The summed E-state index contributed by atoms with van der Waals surface area (Å²) in [5.74, 6) is 1.39. The lowest BCUT2D eigenvalue weighted by Gasteiger charge is -2.08. The molecule has 0 atom stereocenters. The van der Waals surface area contributed by atoms with Gasteiger partial charge in [0.15, 0.2) is 6.61 Å². The van der Waals surface area contributed by atoms with Crippen LogP contribution in [0.1, 0.15) is 22.7 Å². The molecule has 1 amide bonds. The van der Waals surface area contributed by atoms with E-state index in [4.69, 9.17) is 20.8 Å². The van der Waals surface area contributed by atoms with Crippen LogP contribution in [0.4, 0.5) is 0 Å². The number of aryl methyl sites for hydroxylation is 3. The van der Waals surface area contributed by atoms with Crippen molar-refractivity contribution in [1.29, 1.82) is 0 Å². The zero-order chi connectivity index (χ0) is 18.0. The molecule has 1 N–H and O–H groups in total. The second-order valence-electron chi connectivity index (χ2n) is 5.73. The molecular formula is C18H18ClN3O3. The van der Waals surface area contributed by atoms with Crippen molar-refractivity contribution >= 4 is 28.6 Å². The van der Waals surface area contributed by atoms with Gasteiger partial charge in [-0.2, -0.15) is 9.97 Å². The fourth-order valence-corrected chi connectivity index (χ4v) is 2.66. The van der Waals surface area contributed by atoms with Crippen LogP contribution in [0.15, 0.2) is 28.7 Å². The standard InChI is InChI=1S/C18H18ClN3O3/c1-10-11(2)25-18-16(10)17(21-12(3)22-18)24-9-15(23)20-8-13-5-4-6-14(19)7-13/h4-7H,8-9H2,1-3H3,(H,20,23). The summed E-state index contributed by atoms with van der Waals surface area (Å²) in [6.07, 6.45) is 0. The molecule has 0 fully saturated rings. The van der Waals surface area contributed by atoms with Crippen LogP contribution in [0, 0.1) is 20.8 Å². The van der Waals surface area contributed by atoms with Gasteiger partial charge in [0.2, 0.25) is 11.6 Å². The highest BCUT2D eigenvalue weighted by atomic mass is 35.5. The molecule has 6 nitrogen and oxygen atoms in total. The lowest BCUT2D eigenvalue weighted by atomic mass is 10.2. The third kappa shape index (κ3) is 3.91. The fraction of sp³-hybridized carbons (Fsp3) is 0.278. The topological polar surface area (TPSA) is 77.2 Å². The number of hydrogen-bond donors (Lipinski definition) is 1. The number of aromatic nitrogens is 2. The average molecular weight is 360 g/mol. The molecule has 2 aromatic heterocycles. The maximum absolute atomic E-state index is 12.0. The van der Waals surface area contributed by atoms with Crippen LogP contribution in [0.5, 0.6) is 5.88 Å². The van der Waals surface area contributed by atoms with Gasteiger partial charge in [-0.3, -0.25) is 4.79 Å². The van der Waals surface area contributed by atoms with E-state index < -0.39 is 0 Å². The first-order valence-corrected chi connectivity index (χ1v) is 8.20. The third-order valence-corrected chi connectivity index (χ3v) is 4.06. The molecule has 0 bridgehead atoms. The summed E-state index contributed by atoms with van der Waals surface area (Å²) in [7, 11) is 0. The molecule has 0 unspecified atom stereocenters. The maximum atomic E-state index is 12.0. The van der Waals surface area contributed by atoms with Gasteiger partial charge in [-0.1, -0.05) is 23.7 Å². The van der Waals surface area contributed by atoms with Crippen molar-refractivity contribution in [3.63, 3.8) is 0 Å². The van der Waals surface area contributed by atoms with E-state index in [2.05, 4.69) is 15.3 Å². The Balaban J connectivity index is 1.67. The van der Waals surface area contributed by atoms with Gasteiger partial charge in [-0.15, -0.1) is 0 Å². The van der Waals surface area contributed by atoms with Crippen LogP contribution in [0.3, 0.4) is 0 Å². The number of ether oxygens (including phenoxy) is 1. The number of furan rings is 1. The summed E-state index contributed by atoms with van der Waals surface area (Å²) in [5, 5.41) is 4.12. The number of carbonyl (C=O) groups is 1. The van der Waals surface area contributed by atoms with Crippen molar-refractivity contribution < 1.29 is 13.9 Å². The van der Waals surface area contributed by atoms with E-state index in [0.29, 0.717) is 34.4 Å². The SMILES string of the molecule is Cc1nc(OCC(=O)NCc2cccc(Cl)c2)c2c(C)c(C)oc2n1. The number of hydrogen-bond acceptors (Lipinski definition) is 5. The van der Waals surface area contributed by atoms with Gasteiger partial charge >= 0.3 is 0 Å². The smallest absolute Gasteiger partial charge is 0.258 e. The Kier molecular flexibility index (Phi) is 4.90. The number of nitrogens with zero attached hydrogens (tertiary/aromatic N) is 2. The number of halogens is 1. The lowest BCUT2D eigenvalue weighted by Crippen LogP contribution is -2.28. The number of nitrogens with one attached hydrogen (secondary N) is 1. The Bertz CT molecular complexity index is 937. The Labute approximate surface area is 150 Å². The van der Waals surface area contributed by atoms with Crippen molar-refractivity contribution in [1.82, 2.24) is 15.3 Å². The predicted molar refractivity (Wildman–Crippen MR) is 94.8 cm³/mol. The molecule has 0 spiro atoms. The van der Waals surface area contributed by atoms with Crippen LogP contribution in [0.2, 0.25) is 5.02 Å². The van der Waals surface area contributed by atoms with E-state index in [9.17, 15) is 4.79 Å². The van der Waals surface area contributed by atoms with E-state index in [0.717, 1.165) is 16.9 Å². The fourth-order valence-electron chi connectivity index (χ4n) is 2.45. The van der Waals surface area contributed by atoms with Crippen molar-refractivity contribution in [2.75, 3.05) is 6.61 Å². The van der Waals surface area contributed by atoms with Gasteiger partial charge < -0.3 is 14.5 Å². The van der Waals surface area contributed by atoms with Crippen LogP contribution in [-0.4, -0.2) is 22.5 Å². The van der Waals surface area contributed by atoms with Gasteiger partial charge in [0, 0.05) is 17.1 Å². The predicted octanol–water partition coefficient (Wildman–Crippen LogP) is 3.50. The highest BCUT2D eigenvalue weighted by Gasteiger charge is 2.17. The number of rotatable bonds is 5. The van der Waals surface area contributed by atoms with E-state index in [-0.39, 0.29) is 12.5 Å². The second-order valence-corrected chi connectivity index (χ2v) is 6.17. The molecule has 25 heavy (non-hydrogen) atoms. The molecule has 0 aliphatic heterocycles. The minimum Gasteiger partial charge on any atom is -0.467 e. The van der Waals surface area contributed by atoms with Crippen molar-refractivity contribution in [2.45, 2.75) is 27.3 Å². The van der Waals surface area contributed by atoms with Crippen LogP contribution in [-0.2, 0) is 11.3 Å². The molecule has 0 saturated carbocycles. The lowest BCUT2D eigenvalue weighted by molar-refractivity contribution is -0.123. The van der Waals surface area contributed by atoms with Crippen molar-refractivity contribution in [3.8, 4) is 5.88 Å². The maximum Gasteiger partial charge on any atom is 0.258 e. The minimum absolute atomic E-state index is 0.143. The highest BCUT2D eigenvalue weighted by molar-refractivity contribution is 6.30. The molecule has 1 aromatic carbocycles. The molecule has 3 aromatic rings. The summed E-state index contributed by atoms with van der Waals surface area (Å²) in [6.45, 7) is 5.75. The van der Waals surface area contributed by atoms with Gasteiger partial charge in [0.1, 0.15) is 17.0 Å². The molecule has 0 saturated heterocycles. The molecule has 0 aliphatic carbocycles. The molecule has 130 valence electrons. The van der Waals surface area contributed by atoms with Gasteiger partial charge in [-0.05, 0) is 38.5 Å². The zero-order valence-electron chi connectivity index (χ0n) is 14.2. The molecule has 0 radical (unpaired) electrons. The molecule has 3 rings (SSSR count). The average Bonchev–Trinajstić information content (AvgIpc) is 2.85. The first-order valence-electron chi connectivity index (χ1n) is 7.82. The normalized spacial score (nSPS) is 10.9. The summed E-state index contributed by atoms with van der Waals surface area (Å²) in [5.41, 5.74) is 2.29. The number of benzene rings is 1. The number of carbonyl (C=O) groups excluding carboxylic acids is 1. The number of amides is 1. The minimum atomic E-state index is -0.248. The summed E-state index contributed by atoms with van der Waals surface area (Å²) < 4.78 is 11.2. The zero-order valence-corrected chi connectivity index (χ0v) is 15.0. The summed E-state index contributed by atoms with van der Waals surface area (Å²) in [6, 6.07) is 7.32. The van der Waals surface area contributed by atoms with E-state index in [1.807, 2.05) is 26.0 Å². The van der Waals surface area contributed by atoms with Crippen LogP contribution < -0.4 is 10.1 Å². The first kappa shape index (κ1) is 17.2. The van der Waals surface area contributed by atoms with Gasteiger partial charge in [0.25, 0.3) is 5.91 Å². The first-order chi connectivity index (χ1) is 11.9. The third-order valence-electron chi connectivity index (χ3n) is 3.83. The summed E-state index contributed by atoms with van der Waals surface area (Å²) in [4.78, 5) is 20.6. The quantitative estimate of drug-likeness (QED) is 0.754. The molecule has 7 heteroatoms. The van der Waals surface area contributed by atoms with E-state index in [1.165, 1.54) is 0 Å². The van der Waals surface area contributed by atoms with Gasteiger partial charge in [-0.25, -0.2) is 0 Å². The van der Waals surface area contributed by atoms with Crippen LogP contribution in [0.25, 0.3) is 11.1 Å². The monoisotopic (exact) mass is 359 g/mol. The second kappa shape index (κ2) is 7.11. The van der Waals surface area contributed by atoms with E-state index >= 15 is 0 Å². The van der Waals surface area contributed by atoms with Gasteiger partial charge in [0.05, 0.1) is 0 Å². The largest absolute Gasteiger partial charge is 0.467 e. The Morgan fingerprint density at radius 2 is 2.08 bits per heavy atom.